The summed E-state index contributed by atoms with van der Waals surface area (Å²) >= 11 is 0. The zero-order chi connectivity index (χ0) is 14.4. The Balaban J connectivity index is 0.00000220. The van der Waals surface area contributed by atoms with E-state index in [0.717, 1.165) is 18.4 Å². The second kappa shape index (κ2) is 10.0. The Morgan fingerprint density at radius 2 is 2.05 bits per heavy atom. The van der Waals surface area contributed by atoms with Crippen molar-refractivity contribution in [2.45, 2.75) is 51.5 Å². The first-order valence-electron chi connectivity index (χ1n) is 7.55. The minimum atomic E-state index is -0.00499. The van der Waals surface area contributed by atoms with Crippen LogP contribution in [0.4, 0.5) is 0 Å². The Bertz CT molecular complexity index is 436. The van der Waals surface area contributed by atoms with Crippen molar-refractivity contribution in [2.75, 3.05) is 6.54 Å². The number of carbonyl (C=O) groups is 1. The van der Waals surface area contributed by atoms with Gasteiger partial charge in [0, 0.05) is 18.8 Å². The van der Waals surface area contributed by atoms with Gasteiger partial charge in [0.05, 0.1) is 6.04 Å². The van der Waals surface area contributed by atoms with E-state index in [4.69, 9.17) is 5.73 Å². The van der Waals surface area contributed by atoms with Crippen LogP contribution < -0.4 is 11.1 Å². The first-order valence-corrected chi connectivity index (χ1v) is 7.55. The molecule has 1 saturated carbocycles. The standard InChI is InChI=1S/C16H25N3O.2ClH/c1-13(14-6-5-9-18-11-14)19-15(20)10-16(12-17)7-3-2-4-8-16;;/h5-6,9,11,13H,2-4,7-8,10,12,17H2,1H3,(H,19,20);2*1H/t13-;;/m0../s1. The van der Waals surface area contributed by atoms with Gasteiger partial charge in [-0.1, -0.05) is 25.3 Å². The average molecular weight is 348 g/mol. The number of nitrogens with two attached hydrogens (primary N) is 1. The number of carbonyl (C=O) groups excluding carboxylic acids is 1. The van der Waals surface area contributed by atoms with Crippen LogP contribution in [0.25, 0.3) is 0 Å². The fourth-order valence-corrected chi connectivity index (χ4v) is 3.10. The van der Waals surface area contributed by atoms with Crippen LogP contribution in [0.5, 0.6) is 0 Å². The van der Waals surface area contributed by atoms with E-state index >= 15 is 0 Å². The van der Waals surface area contributed by atoms with E-state index < -0.39 is 0 Å². The molecule has 6 heteroatoms. The van der Waals surface area contributed by atoms with Crippen molar-refractivity contribution < 1.29 is 4.79 Å². The van der Waals surface area contributed by atoms with Crippen molar-refractivity contribution in [2.24, 2.45) is 11.1 Å². The zero-order valence-corrected chi connectivity index (χ0v) is 14.7. The van der Waals surface area contributed by atoms with E-state index in [9.17, 15) is 4.79 Å². The van der Waals surface area contributed by atoms with Gasteiger partial charge in [0.15, 0.2) is 0 Å². The molecule has 1 aromatic heterocycles. The van der Waals surface area contributed by atoms with Crippen molar-refractivity contribution in [1.29, 1.82) is 0 Å². The van der Waals surface area contributed by atoms with Crippen molar-refractivity contribution in [1.82, 2.24) is 10.3 Å². The molecule has 4 nitrogen and oxygen atoms in total. The van der Waals surface area contributed by atoms with Gasteiger partial charge >= 0.3 is 0 Å². The minimum Gasteiger partial charge on any atom is -0.350 e. The molecule has 1 aliphatic rings. The third-order valence-electron chi connectivity index (χ3n) is 4.44. The highest BCUT2D eigenvalue weighted by Gasteiger charge is 2.33. The van der Waals surface area contributed by atoms with E-state index in [1.807, 2.05) is 19.1 Å². The first-order chi connectivity index (χ1) is 9.65. The van der Waals surface area contributed by atoms with Crippen LogP contribution in [0, 0.1) is 5.41 Å². The minimum absolute atomic E-state index is 0. The van der Waals surface area contributed by atoms with E-state index in [-0.39, 0.29) is 42.2 Å². The van der Waals surface area contributed by atoms with Gasteiger partial charge in [-0.3, -0.25) is 9.78 Å². The maximum Gasteiger partial charge on any atom is 0.221 e. The summed E-state index contributed by atoms with van der Waals surface area (Å²) < 4.78 is 0. The van der Waals surface area contributed by atoms with Crippen molar-refractivity contribution in [3.63, 3.8) is 0 Å². The van der Waals surface area contributed by atoms with Crippen LogP contribution in [0.15, 0.2) is 24.5 Å². The summed E-state index contributed by atoms with van der Waals surface area (Å²) in [5, 5.41) is 3.07. The third kappa shape index (κ3) is 5.75. The SMILES string of the molecule is C[C@H](NC(=O)CC1(CN)CCCCC1)c1cccnc1.Cl.Cl. The van der Waals surface area contributed by atoms with Gasteiger partial charge in [0.25, 0.3) is 0 Å². The molecule has 0 saturated heterocycles. The van der Waals surface area contributed by atoms with Gasteiger partial charge in [-0.15, -0.1) is 24.8 Å². The predicted molar refractivity (Wildman–Crippen MR) is 94.5 cm³/mol. The Kier molecular flexibility index (Phi) is 9.65. The van der Waals surface area contributed by atoms with Crippen LogP contribution in [0.1, 0.15) is 57.1 Å². The number of nitrogens with zero attached hydrogens (tertiary/aromatic N) is 1. The highest BCUT2D eigenvalue weighted by molar-refractivity contribution is 5.85. The van der Waals surface area contributed by atoms with Crippen molar-refractivity contribution >= 4 is 30.7 Å². The van der Waals surface area contributed by atoms with Gasteiger partial charge < -0.3 is 11.1 Å². The average Bonchev–Trinajstić information content (AvgIpc) is 2.49. The molecule has 1 fully saturated rings. The van der Waals surface area contributed by atoms with Crippen LogP contribution in [0.2, 0.25) is 0 Å². The van der Waals surface area contributed by atoms with Gasteiger partial charge in [0.1, 0.15) is 0 Å². The maximum atomic E-state index is 12.3. The van der Waals surface area contributed by atoms with E-state index in [1.165, 1.54) is 19.3 Å². The van der Waals surface area contributed by atoms with Gasteiger partial charge in [-0.2, -0.15) is 0 Å². The number of amides is 1. The fourth-order valence-electron chi connectivity index (χ4n) is 3.10. The van der Waals surface area contributed by atoms with E-state index in [1.54, 1.807) is 12.4 Å². The molecule has 1 aromatic rings. The molecule has 0 unspecified atom stereocenters. The largest absolute Gasteiger partial charge is 0.350 e. The summed E-state index contributed by atoms with van der Waals surface area (Å²) in [6.45, 7) is 2.60. The third-order valence-corrected chi connectivity index (χ3v) is 4.44. The lowest BCUT2D eigenvalue weighted by atomic mass is 9.71. The molecule has 22 heavy (non-hydrogen) atoms. The summed E-state index contributed by atoms with van der Waals surface area (Å²) in [5.74, 6) is 0.105. The van der Waals surface area contributed by atoms with Crippen LogP contribution in [-0.4, -0.2) is 17.4 Å². The fraction of sp³-hybridized carbons (Fsp3) is 0.625. The van der Waals surface area contributed by atoms with Crippen LogP contribution >= 0.6 is 24.8 Å². The summed E-state index contributed by atoms with van der Waals surface area (Å²) in [5.41, 5.74) is 7.00. The zero-order valence-electron chi connectivity index (χ0n) is 13.1. The highest BCUT2D eigenvalue weighted by atomic mass is 35.5. The normalized spacial score (nSPS) is 17.5. The first kappa shape index (κ1) is 21.2. The molecular weight excluding hydrogens is 321 g/mol. The Morgan fingerprint density at radius 1 is 1.36 bits per heavy atom. The summed E-state index contributed by atoms with van der Waals surface area (Å²) in [4.78, 5) is 16.4. The number of aromatic nitrogens is 1. The molecule has 0 aliphatic heterocycles. The van der Waals surface area contributed by atoms with Gasteiger partial charge in [-0.05, 0) is 43.4 Å². The van der Waals surface area contributed by atoms with Crippen molar-refractivity contribution in [3.05, 3.63) is 30.1 Å². The summed E-state index contributed by atoms with van der Waals surface area (Å²) in [6, 6.07) is 3.87. The summed E-state index contributed by atoms with van der Waals surface area (Å²) in [6.07, 6.45) is 9.92. The molecule has 0 bridgehead atoms. The lowest BCUT2D eigenvalue weighted by Crippen LogP contribution is -2.39. The number of nitrogens with one attached hydrogen (secondary N) is 1. The number of halogens is 2. The lowest BCUT2D eigenvalue weighted by molar-refractivity contribution is -0.124. The summed E-state index contributed by atoms with van der Waals surface area (Å²) in [7, 11) is 0. The molecule has 1 heterocycles. The number of pyridine rings is 1. The lowest BCUT2D eigenvalue weighted by Gasteiger charge is -2.36. The van der Waals surface area contributed by atoms with Gasteiger partial charge in [-0.25, -0.2) is 0 Å². The molecule has 0 radical (unpaired) electrons. The van der Waals surface area contributed by atoms with E-state index in [0.29, 0.717) is 13.0 Å². The maximum absolute atomic E-state index is 12.3. The van der Waals surface area contributed by atoms with E-state index in [2.05, 4.69) is 10.3 Å². The second-order valence-electron chi connectivity index (χ2n) is 6.02. The molecule has 0 spiro atoms. The molecule has 126 valence electrons. The smallest absolute Gasteiger partial charge is 0.221 e. The number of rotatable bonds is 5. The molecule has 0 aromatic carbocycles. The van der Waals surface area contributed by atoms with Crippen molar-refractivity contribution in [3.8, 4) is 0 Å². The van der Waals surface area contributed by atoms with Crippen LogP contribution in [0.3, 0.4) is 0 Å². The predicted octanol–water partition coefficient (Wildman–Crippen LogP) is 3.40. The Hall–Kier alpha value is -0.840. The highest BCUT2D eigenvalue weighted by Crippen LogP contribution is 2.38. The Labute approximate surface area is 145 Å². The molecule has 3 N–H and O–H groups in total. The molecule has 1 atom stereocenters. The van der Waals surface area contributed by atoms with Gasteiger partial charge in [0.2, 0.25) is 5.91 Å². The molecule has 1 aliphatic carbocycles. The quantitative estimate of drug-likeness (QED) is 0.857. The Morgan fingerprint density at radius 3 is 2.59 bits per heavy atom. The number of hydrogen-bond acceptors (Lipinski definition) is 3. The molecular formula is C16H27Cl2N3O. The molecule has 1 amide bonds. The second-order valence-corrected chi connectivity index (χ2v) is 6.02. The topological polar surface area (TPSA) is 68.0 Å². The number of hydrogen-bond donors (Lipinski definition) is 2. The van der Waals surface area contributed by atoms with Crippen LogP contribution in [-0.2, 0) is 4.79 Å². The molecule has 2 rings (SSSR count). The monoisotopic (exact) mass is 347 g/mol.